The van der Waals surface area contributed by atoms with Crippen LogP contribution in [0, 0.1) is 0 Å². The third kappa shape index (κ3) is 3.85. The van der Waals surface area contributed by atoms with Crippen molar-refractivity contribution in [2.24, 2.45) is 0 Å². The van der Waals surface area contributed by atoms with Crippen LogP contribution in [0.3, 0.4) is 0 Å². The lowest BCUT2D eigenvalue weighted by Crippen LogP contribution is -2.51. The molecule has 7 heteroatoms. The molecule has 0 unspecified atom stereocenters. The van der Waals surface area contributed by atoms with E-state index in [4.69, 9.17) is 14.5 Å². The molecule has 1 spiro atoms. The van der Waals surface area contributed by atoms with Gasteiger partial charge in [0.25, 0.3) is 0 Å². The number of piperidine rings is 1. The summed E-state index contributed by atoms with van der Waals surface area (Å²) in [5.74, 6) is 0.945. The molecule has 2 aromatic rings. The molecule has 2 saturated heterocycles. The summed E-state index contributed by atoms with van der Waals surface area (Å²) in [5.41, 5.74) is 2.80. The van der Waals surface area contributed by atoms with Crippen LogP contribution in [0.4, 0.5) is 0 Å². The number of rotatable bonds is 3. The second-order valence-electron chi connectivity index (χ2n) is 8.30. The third-order valence-corrected chi connectivity index (χ3v) is 6.46. The molecule has 3 aliphatic heterocycles. The van der Waals surface area contributed by atoms with E-state index >= 15 is 0 Å². The van der Waals surface area contributed by atoms with Crippen LogP contribution in [0.25, 0.3) is 11.4 Å². The molecule has 0 aliphatic carbocycles. The summed E-state index contributed by atoms with van der Waals surface area (Å²) in [4.78, 5) is 26.5. The van der Waals surface area contributed by atoms with Gasteiger partial charge in [-0.15, -0.1) is 0 Å². The summed E-state index contributed by atoms with van der Waals surface area (Å²) < 4.78 is 11.7. The fourth-order valence-corrected chi connectivity index (χ4v) is 4.68. The molecule has 2 fully saturated rings. The number of aromatic nitrogens is 2. The van der Waals surface area contributed by atoms with Crippen LogP contribution in [-0.4, -0.2) is 78.2 Å². The van der Waals surface area contributed by atoms with Crippen LogP contribution in [0.5, 0.6) is 0 Å². The van der Waals surface area contributed by atoms with Gasteiger partial charge < -0.3 is 14.4 Å². The quantitative estimate of drug-likeness (QED) is 0.772. The topological polar surface area (TPSA) is 67.8 Å². The van der Waals surface area contributed by atoms with Gasteiger partial charge in [0.05, 0.1) is 32.1 Å². The normalized spacial score (nSPS) is 21.4. The maximum atomic E-state index is 12.8. The molecule has 1 amide bonds. The molecule has 0 radical (unpaired) electrons. The minimum absolute atomic E-state index is 0.204. The highest BCUT2D eigenvalue weighted by Crippen LogP contribution is 2.40. The Bertz CT molecular complexity index is 891. The van der Waals surface area contributed by atoms with Gasteiger partial charge in [-0.2, -0.15) is 0 Å². The Kier molecular flexibility index (Phi) is 5.50. The van der Waals surface area contributed by atoms with Gasteiger partial charge in [0.15, 0.2) is 5.82 Å². The van der Waals surface area contributed by atoms with Gasteiger partial charge >= 0.3 is 0 Å². The number of hydrogen-bond acceptors (Lipinski definition) is 6. The summed E-state index contributed by atoms with van der Waals surface area (Å²) in [6.45, 7) is 5.66. The second-order valence-corrected chi connectivity index (χ2v) is 8.30. The Morgan fingerprint density at radius 2 is 1.80 bits per heavy atom. The van der Waals surface area contributed by atoms with Gasteiger partial charge in [-0.25, -0.2) is 9.97 Å². The first-order valence-electron chi connectivity index (χ1n) is 10.9. The number of morpholine rings is 1. The monoisotopic (exact) mass is 408 g/mol. The number of amides is 1. The standard InChI is InChI=1S/C23H28N4O3/c28-20(17-26-11-14-29-15-12-26)27-9-7-23(8-10-27)21-19(6-13-30-23)16-24-22(25-21)18-4-2-1-3-5-18/h1-5,16H,6-15,17H2. The van der Waals surface area contributed by atoms with Crippen molar-refractivity contribution >= 4 is 5.91 Å². The van der Waals surface area contributed by atoms with Crippen molar-refractivity contribution in [3.8, 4) is 11.4 Å². The highest BCUT2D eigenvalue weighted by Gasteiger charge is 2.43. The number of carbonyl (C=O) groups excluding carboxylic acids is 1. The lowest BCUT2D eigenvalue weighted by molar-refractivity contribution is -0.143. The fraction of sp³-hybridized carbons (Fsp3) is 0.522. The predicted octanol–water partition coefficient (Wildman–Crippen LogP) is 1.87. The highest BCUT2D eigenvalue weighted by atomic mass is 16.5. The molecule has 0 saturated carbocycles. The van der Waals surface area contributed by atoms with Gasteiger partial charge in [0.1, 0.15) is 5.60 Å². The van der Waals surface area contributed by atoms with Crippen molar-refractivity contribution in [3.05, 3.63) is 47.8 Å². The highest BCUT2D eigenvalue weighted by molar-refractivity contribution is 5.78. The molecule has 30 heavy (non-hydrogen) atoms. The van der Waals surface area contributed by atoms with E-state index < -0.39 is 5.60 Å². The summed E-state index contributed by atoms with van der Waals surface area (Å²) in [5, 5.41) is 0. The Labute approximate surface area is 177 Å². The molecule has 3 aliphatic rings. The molecule has 4 heterocycles. The van der Waals surface area contributed by atoms with Crippen LogP contribution >= 0.6 is 0 Å². The van der Waals surface area contributed by atoms with Gasteiger partial charge in [0.2, 0.25) is 5.91 Å². The lowest BCUT2D eigenvalue weighted by atomic mass is 9.83. The van der Waals surface area contributed by atoms with E-state index in [2.05, 4.69) is 9.88 Å². The van der Waals surface area contributed by atoms with Gasteiger partial charge in [-0.05, 0) is 24.8 Å². The van der Waals surface area contributed by atoms with E-state index in [-0.39, 0.29) is 5.91 Å². The lowest BCUT2D eigenvalue weighted by Gasteiger charge is -2.44. The van der Waals surface area contributed by atoms with E-state index in [1.165, 1.54) is 5.56 Å². The molecule has 1 aromatic heterocycles. The summed E-state index contributed by atoms with van der Waals surface area (Å²) in [7, 11) is 0. The van der Waals surface area contributed by atoms with Crippen molar-refractivity contribution < 1.29 is 14.3 Å². The van der Waals surface area contributed by atoms with Gasteiger partial charge in [-0.1, -0.05) is 30.3 Å². The maximum Gasteiger partial charge on any atom is 0.236 e. The second kappa shape index (κ2) is 8.41. The number of hydrogen-bond donors (Lipinski definition) is 0. The largest absolute Gasteiger partial charge is 0.379 e. The molecule has 5 rings (SSSR count). The van der Waals surface area contributed by atoms with Crippen molar-refractivity contribution in [3.63, 3.8) is 0 Å². The minimum atomic E-state index is -0.407. The van der Waals surface area contributed by atoms with Crippen molar-refractivity contribution in [1.82, 2.24) is 19.8 Å². The summed E-state index contributed by atoms with van der Waals surface area (Å²) in [6, 6.07) is 10.1. The first kappa shape index (κ1) is 19.6. The van der Waals surface area contributed by atoms with E-state index in [9.17, 15) is 4.79 Å². The Morgan fingerprint density at radius 3 is 2.57 bits per heavy atom. The first-order valence-corrected chi connectivity index (χ1v) is 10.9. The van der Waals surface area contributed by atoms with Crippen LogP contribution in [0.1, 0.15) is 24.1 Å². The van der Waals surface area contributed by atoms with Crippen molar-refractivity contribution in [2.75, 3.05) is 52.5 Å². The van der Waals surface area contributed by atoms with Crippen molar-refractivity contribution in [2.45, 2.75) is 24.9 Å². The number of likely N-dealkylation sites (tertiary alicyclic amines) is 1. The zero-order chi connectivity index (χ0) is 20.4. The molecule has 0 atom stereocenters. The molecule has 0 bridgehead atoms. The van der Waals surface area contributed by atoms with Crippen LogP contribution < -0.4 is 0 Å². The summed E-state index contributed by atoms with van der Waals surface area (Å²) >= 11 is 0. The SMILES string of the molecule is O=C(CN1CCOCC1)N1CCC2(CC1)OCCc1cnc(-c3ccccc3)nc12. The number of benzene rings is 1. The average Bonchev–Trinajstić information content (AvgIpc) is 2.81. The van der Waals surface area contributed by atoms with Crippen molar-refractivity contribution in [1.29, 1.82) is 0 Å². The van der Waals surface area contributed by atoms with Gasteiger partial charge in [-0.3, -0.25) is 9.69 Å². The van der Waals surface area contributed by atoms with Gasteiger partial charge in [0, 0.05) is 37.9 Å². The molecule has 1 aromatic carbocycles. The summed E-state index contributed by atoms with van der Waals surface area (Å²) in [6.07, 6.45) is 4.36. The zero-order valence-corrected chi connectivity index (χ0v) is 17.3. The average molecular weight is 409 g/mol. The van der Waals surface area contributed by atoms with Crippen LogP contribution in [0.15, 0.2) is 36.5 Å². The van der Waals surface area contributed by atoms with E-state index in [1.807, 2.05) is 41.4 Å². The van der Waals surface area contributed by atoms with E-state index in [0.29, 0.717) is 39.5 Å². The van der Waals surface area contributed by atoms with Crippen LogP contribution in [-0.2, 0) is 26.3 Å². The minimum Gasteiger partial charge on any atom is -0.379 e. The van der Waals surface area contributed by atoms with E-state index in [1.54, 1.807) is 0 Å². The smallest absolute Gasteiger partial charge is 0.236 e. The van der Waals surface area contributed by atoms with E-state index in [0.717, 1.165) is 49.4 Å². The molecule has 158 valence electrons. The third-order valence-electron chi connectivity index (χ3n) is 6.46. The molecular formula is C23H28N4O3. The Hall–Kier alpha value is -2.35. The molecular weight excluding hydrogens is 380 g/mol. The number of carbonyl (C=O) groups is 1. The van der Waals surface area contributed by atoms with Crippen LogP contribution in [0.2, 0.25) is 0 Å². The maximum absolute atomic E-state index is 12.8. The Morgan fingerprint density at radius 1 is 1.03 bits per heavy atom. The number of ether oxygens (including phenoxy) is 2. The number of fused-ring (bicyclic) bond motifs is 2. The first-order chi connectivity index (χ1) is 14.7. The Balaban J connectivity index is 1.31. The fourth-order valence-electron chi connectivity index (χ4n) is 4.68. The predicted molar refractivity (Wildman–Crippen MR) is 112 cm³/mol. The molecule has 0 N–H and O–H groups in total. The zero-order valence-electron chi connectivity index (χ0n) is 17.3. The molecule has 7 nitrogen and oxygen atoms in total. The number of nitrogens with zero attached hydrogens (tertiary/aromatic N) is 4.